The molecule has 0 aliphatic carbocycles. The molecule has 1 fully saturated rings. The Balaban J connectivity index is 1.91. The first-order chi connectivity index (χ1) is 13.9. The van der Waals surface area contributed by atoms with E-state index < -0.39 is 6.10 Å². The largest absolute Gasteiger partial charge is 0.507 e. The number of hydrogen-bond donors (Lipinski definition) is 2. The number of Topliss-reactive ketones (excluding diaryl/α,β-unsaturated/α-hetero) is 1. The van der Waals surface area contributed by atoms with Crippen LogP contribution in [0.1, 0.15) is 35.2 Å². The molecular weight excluding hydrogens is 374 g/mol. The molecule has 2 aromatic rings. The van der Waals surface area contributed by atoms with Crippen LogP contribution in [-0.2, 0) is 0 Å². The Morgan fingerprint density at radius 1 is 1.07 bits per heavy atom. The number of hydrogen-bond acceptors (Lipinski definition) is 7. The third kappa shape index (κ3) is 3.96. The lowest BCUT2D eigenvalue weighted by molar-refractivity contribution is 0.100. The number of β-amino-alcohol motifs (C(OH)–C–C–N with tert-alkyl or cyclic N) is 1. The molecule has 1 aliphatic heterocycles. The second-order valence-corrected chi connectivity index (χ2v) is 7.08. The first-order valence-electron chi connectivity index (χ1n) is 9.47. The molecule has 2 aromatic carbocycles. The molecule has 0 saturated carbocycles. The summed E-state index contributed by atoms with van der Waals surface area (Å²) < 4.78 is 15.9. The van der Waals surface area contributed by atoms with E-state index in [-0.39, 0.29) is 28.8 Å². The van der Waals surface area contributed by atoms with Crippen LogP contribution in [0.15, 0.2) is 30.3 Å². The van der Waals surface area contributed by atoms with Crippen molar-refractivity contribution >= 4 is 11.5 Å². The van der Waals surface area contributed by atoms with Crippen molar-refractivity contribution in [2.75, 3.05) is 39.3 Å². The van der Waals surface area contributed by atoms with Crippen LogP contribution in [0.2, 0.25) is 0 Å². The van der Waals surface area contributed by atoms with Gasteiger partial charge < -0.3 is 29.3 Å². The molecule has 0 amide bonds. The van der Waals surface area contributed by atoms with Gasteiger partial charge in [0.05, 0.1) is 27.4 Å². The smallest absolute Gasteiger partial charge is 0.167 e. The lowest BCUT2D eigenvalue weighted by atomic mass is 9.84. The first-order valence-corrected chi connectivity index (χ1v) is 9.47. The van der Waals surface area contributed by atoms with E-state index in [2.05, 4.69) is 4.90 Å². The van der Waals surface area contributed by atoms with Crippen molar-refractivity contribution in [3.63, 3.8) is 0 Å². The van der Waals surface area contributed by atoms with E-state index in [1.165, 1.54) is 21.1 Å². The van der Waals surface area contributed by atoms with Crippen LogP contribution in [0.3, 0.4) is 0 Å². The van der Waals surface area contributed by atoms with Gasteiger partial charge in [0.1, 0.15) is 28.6 Å². The average molecular weight is 401 g/mol. The van der Waals surface area contributed by atoms with Gasteiger partial charge in [-0.1, -0.05) is 0 Å². The standard InChI is InChI=1S/C22H27NO6/c1-13(24)20-18(28-3)11-19(29-4)21(22(20)26)16-9-10-23(12-17(16)25)14-5-7-15(27-2)8-6-14/h5-8,11,16-17,25-26H,9-10,12H2,1-4H3/t16-,17-/m0/s1. The summed E-state index contributed by atoms with van der Waals surface area (Å²) >= 11 is 0. The molecule has 3 rings (SSSR count). The highest BCUT2D eigenvalue weighted by molar-refractivity contribution is 6.00. The summed E-state index contributed by atoms with van der Waals surface area (Å²) in [7, 11) is 4.54. The molecule has 7 nitrogen and oxygen atoms in total. The summed E-state index contributed by atoms with van der Waals surface area (Å²) in [4.78, 5) is 14.2. The molecule has 0 aromatic heterocycles. The summed E-state index contributed by atoms with van der Waals surface area (Å²) in [5.74, 6) is 0.549. The maximum Gasteiger partial charge on any atom is 0.167 e. The van der Waals surface area contributed by atoms with Gasteiger partial charge in [-0.3, -0.25) is 4.79 Å². The van der Waals surface area contributed by atoms with Gasteiger partial charge in [0.15, 0.2) is 5.78 Å². The maximum absolute atomic E-state index is 12.1. The number of nitrogens with zero attached hydrogens (tertiary/aromatic N) is 1. The van der Waals surface area contributed by atoms with E-state index in [1.54, 1.807) is 13.2 Å². The number of ketones is 1. The van der Waals surface area contributed by atoms with E-state index in [0.717, 1.165) is 11.4 Å². The van der Waals surface area contributed by atoms with Crippen molar-refractivity contribution in [1.82, 2.24) is 0 Å². The molecule has 29 heavy (non-hydrogen) atoms. The molecule has 1 heterocycles. The van der Waals surface area contributed by atoms with Gasteiger partial charge in [0, 0.05) is 36.3 Å². The number of carbonyl (C=O) groups is 1. The Morgan fingerprint density at radius 2 is 1.72 bits per heavy atom. The number of anilines is 1. The highest BCUT2D eigenvalue weighted by Gasteiger charge is 2.35. The predicted octanol–water partition coefficient (Wildman–Crippen LogP) is 2.98. The number of benzene rings is 2. The Morgan fingerprint density at radius 3 is 2.24 bits per heavy atom. The monoisotopic (exact) mass is 401 g/mol. The average Bonchev–Trinajstić information content (AvgIpc) is 2.73. The number of ether oxygens (including phenoxy) is 3. The molecule has 0 unspecified atom stereocenters. The van der Waals surface area contributed by atoms with Crippen LogP contribution < -0.4 is 19.1 Å². The van der Waals surface area contributed by atoms with E-state index in [1.807, 2.05) is 24.3 Å². The Labute approximate surface area is 170 Å². The summed E-state index contributed by atoms with van der Waals surface area (Å²) in [6, 6.07) is 9.25. The van der Waals surface area contributed by atoms with E-state index in [0.29, 0.717) is 30.8 Å². The van der Waals surface area contributed by atoms with Gasteiger partial charge in [0.2, 0.25) is 0 Å². The number of rotatable bonds is 6. The number of methoxy groups -OCH3 is 3. The van der Waals surface area contributed by atoms with Gasteiger partial charge in [-0.2, -0.15) is 0 Å². The van der Waals surface area contributed by atoms with Crippen LogP contribution >= 0.6 is 0 Å². The number of phenolic OH excluding ortho intramolecular Hbond substituents is 1. The molecule has 2 N–H and O–H groups in total. The van der Waals surface area contributed by atoms with Gasteiger partial charge in [-0.25, -0.2) is 0 Å². The molecule has 156 valence electrons. The highest BCUT2D eigenvalue weighted by atomic mass is 16.5. The minimum atomic E-state index is -0.751. The van der Waals surface area contributed by atoms with Gasteiger partial charge >= 0.3 is 0 Å². The number of aliphatic hydroxyl groups is 1. The third-order valence-electron chi connectivity index (χ3n) is 5.45. The first kappa shape index (κ1) is 20.8. The Kier molecular flexibility index (Phi) is 6.17. The number of carbonyl (C=O) groups excluding carboxylic acids is 1. The molecule has 0 radical (unpaired) electrons. The normalized spacial score (nSPS) is 19.0. The lowest BCUT2D eigenvalue weighted by Gasteiger charge is -2.38. The zero-order valence-corrected chi connectivity index (χ0v) is 17.1. The fourth-order valence-corrected chi connectivity index (χ4v) is 3.96. The van der Waals surface area contributed by atoms with Crippen molar-refractivity contribution in [1.29, 1.82) is 0 Å². The summed E-state index contributed by atoms with van der Waals surface area (Å²) in [5.41, 5.74) is 1.53. The fourth-order valence-electron chi connectivity index (χ4n) is 3.96. The Hall–Kier alpha value is -2.93. The van der Waals surface area contributed by atoms with Crippen molar-refractivity contribution in [2.45, 2.75) is 25.4 Å². The van der Waals surface area contributed by atoms with Crippen molar-refractivity contribution in [2.24, 2.45) is 0 Å². The van der Waals surface area contributed by atoms with Crippen molar-refractivity contribution in [3.8, 4) is 23.0 Å². The van der Waals surface area contributed by atoms with Crippen molar-refractivity contribution in [3.05, 3.63) is 41.5 Å². The van der Waals surface area contributed by atoms with E-state index in [9.17, 15) is 15.0 Å². The molecule has 0 bridgehead atoms. The van der Waals surface area contributed by atoms with Gasteiger partial charge in [-0.15, -0.1) is 0 Å². The summed E-state index contributed by atoms with van der Waals surface area (Å²) in [6.07, 6.45) is -0.167. The molecule has 1 saturated heterocycles. The van der Waals surface area contributed by atoms with Gasteiger partial charge in [0.25, 0.3) is 0 Å². The lowest BCUT2D eigenvalue weighted by Crippen LogP contribution is -2.43. The third-order valence-corrected chi connectivity index (χ3v) is 5.45. The van der Waals surface area contributed by atoms with Crippen molar-refractivity contribution < 1.29 is 29.2 Å². The number of aromatic hydroxyl groups is 1. The maximum atomic E-state index is 12.1. The number of piperidine rings is 1. The molecular formula is C22H27NO6. The van der Waals surface area contributed by atoms with Gasteiger partial charge in [-0.05, 0) is 37.6 Å². The SMILES string of the molecule is COc1ccc(N2CC[C@H](c3c(OC)cc(OC)c(C(C)=O)c3O)[C@@H](O)C2)cc1. The summed E-state index contributed by atoms with van der Waals surface area (Å²) in [6.45, 7) is 2.44. The van der Waals surface area contributed by atoms with Crippen LogP contribution in [0.25, 0.3) is 0 Å². The fraction of sp³-hybridized carbons (Fsp3) is 0.409. The molecule has 7 heteroatoms. The van der Waals surface area contributed by atoms with Crippen LogP contribution in [0.4, 0.5) is 5.69 Å². The quantitative estimate of drug-likeness (QED) is 0.720. The zero-order chi connectivity index (χ0) is 21.1. The van der Waals surface area contributed by atoms with E-state index in [4.69, 9.17) is 14.2 Å². The number of aliphatic hydroxyl groups excluding tert-OH is 1. The molecule has 2 atom stereocenters. The van der Waals surface area contributed by atoms with Crippen LogP contribution in [0.5, 0.6) is 23.0 Å². The topological polar surface area (TPSA) is 88.5 Å². The predicted molar refractivity (Wildman–Crippen MR) is 110 cm³/mol. The zero-order valence-electron chi connectivity index (χ0n) is 17.1. The molecule has 1 aliphatic rings. The second kappa shape index (κ2) is 8.61. The van der Waals surface area contributed by atoms with Crippen LogP contribution in [-0.4, -0.2) is 56.5 Å². The summed E-state index contributed by atoms with van der Waals surface area (Å²) in [5, 5.41) is 21.8. The Bertz CT molecular complexity index is 880. The number of phenols is 1. The van der Waals surface area contributed by atoms with Crippen LogP contribution in [0, 0.1) is 0 Å². The minimum Gasteiger partial charge on any atom is -0.507 e. The van der Waals surface area contributed by atoms with E-state index >= 15 is 0 Å². The second-order valence-electron chi connectivity index (χ2n) is 7.08. The highest BCUT2D eigenvalue weighted by Crippen LogP contribution is 2.46. The molecule has 0 spiro atoms. The minimum absolute atomic E-state index is 0.105.